The highest BCUT2D eigenvalue weighted by atomic mass is 16.3. The van der Waals surface area contributed by atoms with E-state index in [0.29, 0.717) is 0 Å². The van der Waals surface area contributed by atoms with Crippen molar-refractivity contribution in [2.75, 3.05) is 0 Å². The highest BCUT2D eigenvalue weighted by molar-refractivity contribution is 5.69. The maximum Gasteiger partial charge on any atom is 0.101 e. The van der Waals surface area contributed by atoms with Gasteiger partial charge in [-0.3, -0.25) is 4.98 Å². The summed E-state index contributed by atoms with van der Waals surface area (Å²) in [5.41, 5.74) is 5.68. The number of aryl methyl sites for hydroxylation is 1. The van der Waals surface area contributed by atoms with E-state index in [9.17, 15) is 5.11 Å². The summed E-state index contributed by atoms with van der Waals surface area (Å²) in [6, 6.07) is 12.6. The van der Waals surface area contributed by atoms with Crippen molar-refractivity contribution in [3.05, 3.63) is 71.9 Å². The molecule has 23 heavy (non-hydrogen) atoms. The molecule has 3 atom stereocenters. The molecule has 5 rings (SSSR count). The van der Waals surface area contributed by atoms with Gasteiger partial charge in [0.1, 0.15) is 6.10 Å². The molecule has 114 valence electrons. The number of hydrogen-bond donors (Lipinski definition) is 1. The molecule has 1 aliphatic heterocycles. The Bertz CT molecular complexity index is 886. The molecule has 0 saturated carbocycles. The molecule has 0 radical (unpaired) electrons. The molecule has 0 saturated heterocycles. The fourth-order valence-electron chi connectivity index (χ4n) is 4.25. The molecule has 0 bridgehead atoms. The molecule has 0 fully saturated rings. The molecular weight excluding hydrogens is 286 g/mol. The number of aliphatic hydroxyl groups is 1. The SMILES string of the molecule is O[C@H]1c2ncccc2CC[C@@H]1[C@@H]1c2ccccc2-c2cncn21. The molecule has 4 nitrogen and oxygen atoms in total. The van der Waals surface area contributed by atoms with E-state index in [1.165, 1.54) is 16.7 Å². The summed E-state index contributed by atoms with van der Waals surface area (Å²) in [5.74, 6) is 0.119. The van der Waals surface area contributed by atoms with Crippen molar-refractivity contribution in [2.24, 2.45) is 5.92 Å². The van der Waals surface area contributed by atoms with Crippen LogP contribution in [0.25, 0.3) is 11.3 Å². The quantitative estimate of drug-likeness (QED) is 0.751. The number of nitrogens with zero attached hydrogens (tertiary/aromatic N) is 3. The Kier molecular flexibility index (Phi) is 2.70. The highest BCUT2D eigenvalue weighted by Crippen LogP contribution is 2.49. The van der Waals surface area contributed by atoms with Crippen LogP contribution in [-0.4, -0.2) is 19.6 Å². The first-order valence-corrected chi connectivity index (χ1v) is 8.07. The van der Waals surface area contributed by atoms with E-state index in [2.05, 4.69) is 44.9 Å². The number of pyridine rings is 1. The van der Waals surface area contributed by atoms with Crippen molar-refractivity contribution >= 4 is 0 Å². The Morgan fingerprint density at radius 3 is 3.00 bits per heavy atom. The highest BCUT2D eigenvalue weighted by Gasteiger charge is 2.40. The minimum atomic E-state index is -0.536. The van der Waals surface area contributed by atoms with Gasteiger partial charge >= 0.3 is 0 Å². The van der Waals surface area contributed by atoms with Gasteiger partial charge in [0.05, 0.1) is 30.0 Å². The van der Waals surface area contributed by atoms with Gasteiger partial charge in [0.15, 0.2) is 0 Å². The Labute approximate surface area is 134 Å². The normalized spacial score (nSPS) is 24.8. The number of rotatable bonds is 1. The largest absolute Gasteiger partial charge is 0.386 e. The molecule has 1 N–H and O–H groups in total. The third-order valence-electron chi connectivity index (χ3n) is 5.29. The molecule has 1 aromatic carbocycles. The zero-order chi connectivity index (χ0) is 15.4. The van der Waals surface area contributed by atoms with Gasteiger partial charge in [-0.1, -0.05) is 30.3 Å². The van der Waals surface area contributed by atoms with Gasteiger partial charge in [-0.2, -0.15) is 0 Å². The summed E-state index contributed by atoms with van der Waals surface area (Å²) in [6.07, 6.45) is 6.96. The Hall–Kier alpha value is -2.46. The topological polar surface area (TPSA) is 50.9 Å². The van der Waals surface area contributed by atoms with Gasteiger partial charge in [-0.15, -0.1) is 0 Å². The van der Waals surface area contributed by atoms with Gasteiger partial charge in [-0.05, 0) is 30.0 Å². The Balaban J connectivity index is 1.64. The molecule has 0 spiro atoms. The van der Waals surface area contributed by atoms with Crippen LogP contribution >= 0.6 is 0 Å². The second kappa shape index (κ2) is 4.77. The van der Waals surface area contributed by atoms with Gasteiger partial charge in [0.25, 0.3) is 0 Å². The lowest BCUT2D eigenvalue weighted by Crippen LogP contribution is -2.29. The average Bonchev–Trinajstić information content (AvgIpc) is 3.17. The number of aliphatic hydroxyl groups excluding tert-OH is 1. The number of imidazole rings is 1. The van der Waals surface area contributed by atoms with E-state index in [4.69, 9.17) is 0 Å². The molecule has 0 amide bonds. The van der Waals surface area contributed by atoms with Gasteiger partial charge in [0, 0.05) is 17.7 Å². The molecule has 2 aliphatic rings. The minimum Gasteiger partial charge on any atom is -0.386 e. The van der Waals surface area contributed by atoms with Crippen LogP contribution in [-0.2, 0) is 6.42 Å². The molecule has 3 aromatic rings. The van der Waals surface area contributed by atoms with Crippen molar-refractivity contribution in [2.45, 2.75) is 25.0 Å². The second-order valence-corrected chi connectivity index (χ2v) is 6.41. The summed E-state index contributed by atoms with van der Waals surface area (Å²) >= 11 is 0. The number of fused-ring (bicyclic) bond motifs is 4. The lowest BCUT2D eigenvalue weighted by molar-refractivity contribution is 0.0679. The van der Waals surface area contributed by atoms with Crippen molar-refractivity contribution in [1.29, 1.82) is 0 Å². The summed E-state index contributed by atoms with van der Waals surface area (Å²) < 4.78 is 2.21. The standard InChI is InChI=1S/C19H17N3O/c23-19-15(8-7-12-4-3-9-21-17(12)19)18-14-6-2-1-5-13(14)16-10-20-11-22(16)18/h1-6,9-11,15,18-19,23H,7-8H2/t15-,18+,19-/m1/s1. The predicted octanol–water partition coefficient (Wildman–Crippen LogP) is 3.14. The van der Waals surface area contributed by atoms with Crippen LogP contribution in [0.1, 0.15) is 35.4 Å². The second-order valence-electron chi connectivity index (χ2n) is 6.41. The number of benzene rings is 1. The molecule has 3 heterocycles. The van der Waals surface area contributed by atoms with E-state index in [1.807, 2.05) is 18.6 Å². The lowest BCUT2D eigenvalue weighted by Gasteiger charge is -2.34. The van der Waals surface area contributed by atoms with Gasteiger partial charge < -0.3 is 9.67 Å². The van der Waals surface area contributed by atoms with E-state index in [0.717, 1.165) is 24.2 Å². The van der Waals surface area contributed by atoms with Crippen LogP contribution in [0.3, 0.4) is 0 Å². The third-order valence-corrected chi connectivity index (χ3v) is 5.29. The zero-order valence-electron chi connectivity index (χ0n) is 12.6. The van der Waals surface area contributed by atoms with Crippen LogP contribution in [0.2, 0.25) is 0 Å². The number of hydrogen-bond acceptors (Lipinski definition) is 3. The maximum absolute atomic E-state index is 11.0. The molecule has 2 aromatic heterocycles. The van der Waals surface area contributed by atoms with Crippen molar-refractivity contribution in [3.63, 3.8) is 0 Å². The first-order valence-electron chi connectivity index (χ1n) is 8.07. The fourth-order valence-corrected chi connectivity index (χ4v) is 4.25. The van der Waals surface area contributed by atoms with E-state index in [-0.39, 0.29) is 12.0 Å². The van der Waals surface area contributed by atoms with Crippen LogP contribution < -0.4 is 0 Å². The first kappa shape index (κ1) is 13.0. The van der Waals surface area contributed by atoms with Crippen LogP contribution in [0, 0.1) is 5.92 Å². The average molecular weight is 303 g/mol. The summed E-state index contributed by atoms with van der Waals surface area (Å²) in [6.45, 7) is 0. The summed E-state index contributed by atoms with van der Waals surface area (Å²) in [4.78, 5) is 8.77. The summed E-state index contributed by atoms with van der Waals surface area (Å²) in [5, 5.41) is 11.0. The Morgan fingerprint density at radius 2 is 2.04 bits per heavy atom. The lowest BCUT2D eigenvalue weighted by atomic mass is 9.78. The van der Waals surface area contributed by atoms with Crippen LogP contribution in [0.5, 0.6) is 0 Å². The van der Waals surface area contributed by atoms with E-state index < -0.39 is 6.10 Å². The van der Waals surface area contributed by atoms with Gasteiger partial charge in [-0.25, -0.2) is 4.98 Å². The zero-order valence-corrected chi connectivity index (χ0v) is 12.6. The monoisotopic (exact) mass is 303 g/mol. The predicted molar refractivity (Wildman–Crippen MR) is 86.8 cm³/mol. The van der Waals surface area contributed by atoms with Crippen LogP contribution in [0.15, 0.2) is 55.1 Å². The van der Waals surface area contributed by atoms with Crippen molar-refractivity contribution in [3.8, 4) is 11.3 Å². The van der Waals surface area contributed by atoms with Crippen molar-refractivity contribution < 1.29 is 5.11 Å². The van der Waals surface area contributed by atoms with Crippen molar-refractivity contribution in [1.82, 2.24) is 14.5 Å². The summed E-state index contributed by atoms with van der Waals surface area (Å²) in [7, 11) is 0. The Morgan fingerprint density at radius 1 is 1.13 bits per heavy atom. The molecular formula is C19H17N3O. The number of aromatic nitrogens is 3. The minimum absolute atomic E-state index is 0.119. The maximum atomic E-state index is 11.0. The van der Waals surface area contributed by atoms with Gasteiger partial charge in [0.2, 0.25) is 0 Å². The fraction of sp³-hybridized carbons (Fsp3) is 0.263. The smallest absolute Gasteiger partial charge is 0.101 e. The molecule has 1 aliphatic carbocycles. The van der Waals surface area contributed by atoms with Crippen LogP contribution in [0.4, 0.5) is 0 Å². The molecule has 0 unspecified atom stereocenters. The van der Waals surface area contributed by atoms with E-state index in [1.54, 1.807) is 6.20 Å². The third kappa shape index (κ3) is 1.75. The van der Waals surface area contributed by atoms with E-state index >= 15 is 0 Å². The first-order chi connectivity index (χ1) is 11.3. The molecule has 4 heteroatoms.